The molecule has 4 rings (SSSR count). The van der Waals surface area contributed by atoms with Crippen molar-refractivity contribution >= 4 is 23.2 Å². The number of nitrogens with one attached hydrogen (secondary N) is 2. The number of hydrogen-bond donors (Lipinski definition) is 2. The van der Waals surface area contributed by atoms with E-state index >= 15 is 0 Å². The predicted octanol–water partition coefficient (Wildman–Crippen LogP) is 6.52. The molecular weight excluding hydrogens is 436 g/mol. The molecule has 1 unspecified atom stereocenters. The standard InChI is InChI=1S/C30H34N2O3/c1-20(35-27-17-14-21-8-5-6-9-23(21)18-27)28(33)31-25-10-7-11-26(19-25)32-29(34)22-12-15-24(16-13-22)30(2,3)4/h7,10-20H,5-6,8-9H2,1-4H3,(H,31,33)(H,32,34). The first-order valence-corrected chi connectivity index (χ1v) is 12.3. The zero-order valence-electron chi connectivity index (χ0n) is 21.0. The molecule has 0 saturated carbocycles. The van der Waals surface area contributed by atoms with Gasteiger partial charge in [-0.1, -0.05) is 45.0 Å². The maximum atomic E-state index is 12.7. The van der Waals surface area contributed by atoms with Crippen LogP contribution in [0.2, 0.25) is 0 Å². The van der Waals surface area contributed by atoms with Crippen molar-refractivity contribution in [2.75, 3.05) is 10.6 Å². The first-order valence-electron chi connectivity index (χ1n) is 12.3. The van der Waals surface area contributed by atoms with Gasteiger partial charge < -0.3 is 15.4 Å². The lowest BCUT2D eigenvalue weighted by molar-refractivity contribution is -0.122. The Kier molecular flexibility index (Phi) is 7.25. The number of carbonyl (C=O) groups is 2. The van der Waals surface area contributed by atoms with Crippen LogP contribution >= 0.6 is 0 Å². The van der Waals surface area contributed by atoms with E-state index in [1.54, 1.807) is 31.2 Å². The van der Waals surface area contributed by atoms with E-state index in [-0.39, 0.29) is 17.2 Å². The van der Waals surface area contributed by atoms with E-state index in [1.807, 2.05) is 30.3 Å². The van der Waals surface area contributed by atoms with Crippen molar-refractivity contribution < 1.29 is 14.3 Å². The number of amides is 2. The highest BCUT2D eigenvalue weighted by Crippen LogP contribution is 2.26. The topological polar surface area (TPSA) is 67.4 Å². The van der Waals surface area contributed by atoms with E-state index in [0.717, 1.165) is 12.8 Å². The van der Waals surface area contributed by atoms with Crippen molar-refractivity contribution in [2.24, 2.45) is 0 Å². The monoisotopic (exact) mass is 470 g/mol. The van der Waals surface area contributed by atoms with E-state index in [2.05, 4.69) is 43.5 Å². The average Bonchev–Trinajstić information content (AvgIpc) is 2.83. The summed E-state index contributed by atoms with van der Waals surface area (Å²) in [7, 11) is 0. The van der Waals surface area contributed by atoms with E-state index < -0.39 is 6.10 Å². The number of ether oxygens (including phenoxy) is 1. The molecular formula is C30H34N2O3. The van der Waals surface area contributed by atoms with Gasteiger partial charge in [0.05, 0.1) is 0 Å². The number of rotatable bonds is 6. The molecule has 0 aliphatic heterocycles. The molecule has 0 saturated heterocycles. The van der Waals surface area contributed by atoms with Crippen LogP contribution in [-0.4, -0.2) is 17.9 Å². The Morgan fingerprint density at radius 2 is 1.49 bits per heavy atom. The summed E-state index contributed by atoms with van der Waals surface area (Å²) >= 11 is 0. The van der Waals surface area contributed by atoms with E-state index in [1.165, 1.54) is 29.5 Å². The largest absolute Gasteiger partial charge is 0.481 e. The van der Waals surface area contributed by atoms with Crippen LogP contribution in [0.5, 0.6) is 5.75 Å². The summed E-state index contributed by atoms with van der Waals surface area (Å²) in [5, 5.41) is 5.79. The van der Waals surface area contributed by atoms with Crippen LogP contribution in [0.25, 0.3) is 0 Å². The van der Waals surface area contributed by atoms with Crippen LogP contribution < -0.4 is 15.4 Å². The van der Waals surface area contributed by atoms with Crippen molar-refractivity contribution in [2.45, 2.75) is 64.9 Å². The zero-order valence-corrected chi connectivity index (χ0v) is 21.0. The molecule has 0 radical (unpaired) electrons. The Morgan fingerprint density at radius 1 is 0.829 bits per heavy atom. The molecule has 0 bridgehead atoms. The number of hydrogen-bond acceptors (Lipinski definition) is 3. The lowest BCUT2D eigenvalue weighted by Gasteiger charge is -2.19. The molecule has 3 aromatic carbocycles. The Morgan fingerprint density at radius 3 is 2.17 bits per heavy atom. The van der Waals surface area contributed by atoms with Gasteiger partial charge in [-0.15, -0.1) is 0 Å². The number of carbonyl (C=O) groups excluding carboxylic acids is 2. The fourth-order valence-corrected chi connectivity index (χ4v) is 4.28. The molecule has 5 nitrogen and oxygen atoms in total. The van der Waals surface area contributed by atoms with Gasteiger partial charge in [0.1, 0.15) is 5.75 Å². The van der Waals surface area contributed by atoms with Crippen LogP contribution in [0.4, 0.5) is 11.4 Å². The molecule has 0 fully saturated rings. The van der Waals surface area contributed by atoms with Crippen molar-refractivity contribution in [3.63, 3.8) is 0 Å². The third-order valence-electron chi connectivity index (χ3n) is 6.40. The number of anilines is 2. The third-order valence-corrected chi connectivity index (χ3v) is 6.40. The first kappa shape index (κ1) is 24.5. The van der Waals surface area contributed by atoms with E-state index in [9.17, 15) is 9.59 Å². The Labute approximate surface area is 207 Å². The van der Waals surface area contributed by atoms with Gasteiger partial charge >= 0.3 is 0 Å². The summed E-state index contributed by atoms with van der Waals surface area (Å²) in [5.74, 6) is 0.272. The highest BCUT2D eigenvalue weighted by molar-refractivity contribution is 6.04. The summed E-state index contributed by atoms with van der Waals surface area (Å²) in [6, 6.07) is 20.9. The molecule has 3 aromatic rings. The molecule has 0 spiro atoms. The fourth-order valence-electron chi connectivity index (χ4n) is 4.28. The molecule has 0 aromatic heterocycles. The summed E-state index contributed by atoms with van der Waals surface area (Å²) in [5.41, 5.74) is 5.68. The average molecular weight is 471 g/mol. The summed E-state index contributed by atoms with van der Waals surface area (Å²) < 4.78 is 5.92. The minimum absolute atomic E-state index is 0.0301. The Hall–Kier alpha value is -3.60. The molecule has 35 heavy (non-hydrogen) atoms. The summed E-state index contributed by atoms with van der Waals surface area (Å²) in [6.07, 6.45) is 3.94. The number of benzene rings is 3. The van der Waals surface area contributed by atoms with Gasteiger partial charge in [0.15, 0.2) is 6.10 Å². The minimum Gasteiger partial charge on any atom is -0.481 e. The highest BCUT2D eigenvalue weighted by Gasteiger charge is 2.18. The van der Waals surface area contributed by atoms with Crippen molar-refractivity contribution in [3.05, 3.63) is 89.0 Å². The first-order chi connectivity index (χ1) is 16.7. The van der Waals surface area contributed by atoms with Gasteiger partial charge in [-0.05, 0) is 97.2 Å². The third kappa shape index (κ3) is 6.30. The molecule has 1 aliphatic carbocycles. The second-order valence-electron chi connectivity index (χ2n) is 10.2. The molecule has 1 aliphatic rings. The second kappa shape index (κ2) is 10.3. The number of fused-ring (bicyclic) bond motifs is 1. The van der Waals surface area contributed by atoms with E-state index in [4.69, 9.17) is 4.74 Å². The van der Waals surface area contributed by atoms with Gasteiger partial charge in [0, 0.05) is 16.9 Å². The summed E-state index contributed by atoms with van der Waals surface area (Å²) in [6.45, 7) is 8.16. The quantitative estimate of drug-likeness (QED) is 0.431. The molecule has 5 heteroatoms. The minimum atomic E-state index is -0.656. The molecule has 1 atom stereocenters. The molecule has 2 amide bonds. The highest BCUT2D eigenvalue weighted by atomic mass is 16.5. The second-order valence-corrected chi connectivity index (χ2v) is 10.2. The molecule has 2 N–H and O–H groups in total. The van der Waals surface area contributed by atoms with Crippen LogP contribution in [0.15, 0.2) is 66.7 Å². The normalized spacial score (nSPS) is 13.9. The van der Waals surface area contributed by atoms with Gasteiger partial charge in [-0.2, -0.15) is 0 Å². The lowest BCUT2D eigenvalue weighted by atomic mass is 9.87. The van der Waals surface area contributed by atoms with Crippen LogP contribution in [0.3, 0.4) is 0 Å². The van der Waals surface area contributed by atoms with Gasteiger partial charge in [0.25, 0.3) is 11.8 Å². The smallest absolute Gasteiger partial charge is 0.265 e. The Balaban J connectivity index is 1.36. The van der Waals surface area contributed by atoms with E-state index in [0.29, 0.717) is 22.7 Å². The zero-order chi connectivity index (χ0) is 25.0. The maximum Gasteiger partial charge on any atom is 0.265 e. The van der Waals surface area contributed by atoms with Gasteiger partial charge in [0.2, 0.25) is 0 Å². The maximum absolute atomic E-state index is 12.7. The van der Waals surface area contributed by atoms with Crippen LogP contribution in [0.1, 0.15) is 67.6 Å². The summed E-state index contributed by atoms with van der Waals surface area (Å²) in [4.78, 5) is 25.5. The molecule has 182 valence electrons. The van der Waals surface area contributed by atoms with Crippen molar-refractivity contribution in [1.82, 2.24) is 0 Å². The fraction of sp³-hybridized carbons (Fsp3) is 0.333. The SMILES string of the molecule is CC(Oc1ccc2c(c1)CCCC2)C(=O)Nc1cccc(NC(=O)c2ccc(C(C)(C)C)cc2)c1. The van der Waals surface area contributed by atoms with Crippen LogP contribution in [-0.2, 0) is 23.1 Å². The van der Waals surface area contributed by atoms with Crippen LogP contribution in [0, 0.1) is 0 Å². The Bertz CT molecular complexity index is 1210. The van der Waals surface area contributed by atoms with Crippen molar-refractivity contribution in [1.29, 1.82) is 0 Å². The lowest BCUT2D eigenvalue weighted by Crippen LogP contribution is -2.30. The molecule has 0 heterocycles. The van der Waals surface area contributed by atoms with Gasteiger partial charge in [-0.3, -0.25) is 9.59 Å². The number of aryl methyl sites for hydroxylation is 2. The van der Waals surface area contributed by atoms with Gasteiger partial charge in [-0.25, -0.2) is 0 Å². The predicted molar refractivity (Wildman–Crippen MR) is 141 cm³/mol. The van der Waals surface area contributed by atoms with Crippen molar-refractivity contribution in [3.8, 4) is 5.75 Å².